The maximum Gasteiger partial charge on any atom is 0.259 e. The molecule has 1 aromatic carbocycles. The van der Waals surface area contributed by atoms with Gasteiger partial charge in [0, 0.05) is 5.02 Å². The van der Waals surface area contributed by atoms with Gasteiger partial charge in [-0.2, -0.15) is 0 Å². The highest BCUT2D eigenvalue weighted by Gasteiger charge is 2.12. The first kappa shape index (κ1) is 13.8. The Hall–Kier alpha value is -1.59. The lowest BCUT2D eigenvalue weighted by Crippen LogP contribution is -2.12. The number of nitrogens with zero attached hydrogens (tertiary/aromatic N) is 1. The number of rotatable bonds is 2. The number of phenols is 1. The highest BCUT2D eigenvalue weighted by atomic mass is 79.9. The zero-order chi connectivity index (χ0) is 14.0. The van der Waals surface area contributed by atoms with Gasteiger partial charge >= 0.3 is 0 Å². The summed E-state index contributed by atoms with van der Waals surface area (Å²) >= 11 is 8.99. The van der Waals surface area contributed by atoms with Crippen LogP contribution in [0.2, 0.25) is 5.02 Å². The third-order valence-electron chi connectivity index (χ3n) is 2.48. The lowest BCUT2D eigenvalue weighted by Gasteiger charge is -2.08. The number of nitrogens with one attached hydrogen (secondary N) is 1. The summed E-state index contributed by atoms with van der Waals surface area (Å²) in [5.41, 5.74) is 1.61. The third kappa shape index (κ3) is 3.24. The van der Waals surface area contributed by atoms with E-state index in [0.717, 1.165) is 10.2 Å². The van der Waals surface area contributed by atoms with Gasteiger partial charge in [0.25, 0.3) is 5.91 Å². The van der Waals surface area contributed by atoms with E-state index in [1.165, 1.54) is 18.3 Å². The second-order valence-corrected chi connectivity index (χ2v) is 5.13. The lowest BCUT2D eigenvalue weighted by atomic mass is 10.2. The molecule has 1 amide bonds. The number of hydrogen-bond donors (Lipinski definition) is 2. The molecule has 4 nitrogen and oxygen atoms in total. The van der Waals surface area contributed by atoms with Gasteiger partial charge in [-0.15, -0.1) is 0 Å². The molecule has 0 radical (unpaired) electrons. The number of amides is 1. The Morgan fingerprint density at radius 1 is 1.42 bits per heavy atom. The van der Waals surface area contributed by atoms with Gasteiger partial charge in [-0.05, 0) is 52.7 Å². The Labute approximate surface area is 123 Å². The summed E-state index contributed by atoms with van der Waals surface area (Å²) in [6.07, 6.45) is 1.53. The van der Waals surface area contributed by atoms with Crippen LogP contribution in [0, 0.1) is 6.92 Å². The van der Waals surface area contributed by atoms with Crippen LogP contribution >= 0.6 is 27.5 Å². The zero-order valence-electron chi connectivity index (χ0n) is 9.95. The van der Waals surface area contributed by atoms with E-state index >= 15 is 0 Å². The monoisotopic (exact) mass is 340 g/mol. The maximum atomic E-state index is 12.0. The van der Waals surface area contributed by atoms with Crippen molar-refractivity contribution < 1.29 is 9.90 Å². The van der Waals surface area contributed by atoms with Crippen molar-refractivity contribution in [1.29, 1.82) is 0 Å². The van der Waals surface area contributed by atoms with E-state index in [9.17, 15) is 9.90 Å². The molecule has 2 aromatic rings. The van der Waals surface area contributed by atoms with Crippen LogP contribution in [0.5, 0.6) is 5.75 Å². The minimum Gasteiger partial charge on any atom is -0.507 e. The van der Waals surface area contributed by atoms with Crippen molar-refractivity contribution >= 4 is 39.1 Å². The van der Waals surface area contributed by atoms with Gasteiger partial charge in [-0.3, -0.25) is 4.79 Å². The molecule has 19 heavy (non-hydrogen) atoms. The number of anilines is 1. The molecular weight excluding hydrogens is 332 g/mol. The standard InChI is InChI=1S/C13H10BrClN2O2/c1-7-4-9(6-16-12(7)14)17-13(19)10-3-2-8(15)5-11(10)18/h2-6,18H,1H3,(H,17,19). The van der Waals surface area contributed by atoms with Crippen LogP contribution in [0.1, 0.15) is 15.9 Å². The van der Waals surface area contributed by atoms with Crippen molar-refractivity contribution in [2.24, 2.45) is 0 Å². The predicted octanol–water partition coefficient (Wildman–Crippen LogP) is 3.76. The van der Waals surface area contributed by atoms with Crippen LogP contribution in [0.3, 0.4) is 0 Å². The third-order valence-corrected chi connectivity index (χ3v) is 3.54. The molecule has 2 N–H and O–H groups in total. The summed E-state index contributed by atoms with van der Waals surface area (Å²) in [4.78, 5) is 16.1. The van der Waals surface area contributed by atoms with Crippen LogP contribution in [-0.4, -0.2) is 16.0 Å². The van der Waals surface area contributed by atoms with Crippen molar-refractivity contribution in [3.8, 4) is 5.75 Å². The number of hydrogen-bond acceptors (Lipinski definition) is 3. The molecule has 1 aromatic heterocycles. The van der Waals surface area contributed by atoms with Crippen molar-refractivity contribution in [3.63, 3.8) is 0 Å². The fraction of sp³-hybridized carbons (Fsp3) is 0.0769. The van der Waals surface area contributed by atoms with Gasteiger partial charge in [-0.1, -0.05) is 11.6 Å². The molecule has 0 spiro atoms. The number of aromatic hydroxyl groups is 1. The van der Waals surface area contributed by atoms with E-state index in [2.05, 4.69) is 26.2 Å². The molecule has 0 bridgehead atoms. The first-order chi connectivity index (χ1) is 8.97. The van der Waals surface area contributed by atoms with Crippen molar-refractivity contribution in [1.82, 2.24) is 4.98 Å². The van der Waals surface area contributed by atoms with Gasteiger partial charge in [-0.25, -0.2) is 4.98 Å². The number of phenolic OH excluding ortho intramolecular Hbond substituents is 1. The average Bonchev–Trinajstić information content (AvgIpc) is 2.33. The van der Waals surface area contributed by atoms with Gasteiger partial charge in [0.2, 0.25) is 0 Å². The second-order valence-electron chi connectivity index (χ2n) is 3.95. The van der Waals surface area contributed by atoms with Crippen molar-refractivity contribution in [2.45, 2.75) is 6.92 Å². The number of carbonyl (C=O) groups is 1. The average molecular weight is 342 g/mol. The van der Waals surface area contributed by atoms with E-state index in [4.69, 9.17) is 11.6 Å². The van der Waals surface area contributed by atoms with Crippen LogP contribution in [0.25, 0.3) is 0 Å². The summed E-state index contributed by atoms with van der Waals surface area (Å²) in [7, 11) is 0. The molecule has 98 valence electrons. The van der Waals surface area contributed by atoms with Crippen LogP contribution in [0.15, 0.2) is 35.1 Å². The summed E-state index contributed by atoms with van der Waals surface area (Å²) in [6.45, 7) is 1.87. The SMILES string of the molecule is Cc1cc(NC(=O)c2ccc(Cl)cc2O)cnc1Br. The molecule has 0 aliphatic carbocycles. The minimum absolute atomic E-state index is 0.157. The Kier molecular flexibility index (Phi) is 4.07. The Bertz CT molecular complexity index is 647. The highest BCUT2D eigenvalue weighted by Crippen LogP contribution is 2.23. The second kappa shape index (κ2) is 5.59. The molecule has 0 saturated carbocycles. The molecule has 0 saturated heterocycles. The maximum absolute atomic E-state index is 12.0. The van der Waals surface area contributed by atoms with Crippen LogP contribution < -0.4 is 5.32 Å². The van der Waals surface area contributed by atoms with Gasteiger partial charge in [0.05, 0.1) is 17.4 Å². The summed E-state index contributed by atoms with van der Waals surface area (Å²) in [6, 6.07) is 6.11. The van der Waals surface area contributed by atoms with Gasteiger partial charge in [0.1, 0.15) is 10.4 Å². The lowest BCUT2D eigenvalue weighted by molar-refractivity contribution is 0.102. The first-order valence-corrected chi connectivity index (χ1v) is 6.56. The fourth-order valence-corrected chi connectivity index (χ4v) is 1.90. The Morgan fingerprint density at radius 2 is 2.16 bits per heavy atom. The highest BCUT2D eigenvalue weighted by molar-refractivity contribution is 9.10. The number of benzene rings is 1. The Balaban J connectivity index is 2.23. The minimum atomic E-state index is -0.419. The van der Waals surface area contributed by atoms with E-state index in [0.29, 0.717) is 10.7 Å². The fourth-order valence-electron chi connectivity index (χ4n) is 1.52. The quantitative estimate of drug-likeness (QED) is 0.818. The normalized spacial score (nSPS) is 10.3. The number of halogens is 2. The molecule has 0 atom stereocenters. The molecule has 0 aliphatic rings. The van der Waals surface area contributed by atoms with Gasteiger partial charge in [0.15, 0.2) is 0 Å². The topological polar surface area (TPSA) is 62.2 Å². The zero-order valence-corrected chi connectivity index (χ0v) is 12.3. The largest absolute Gasteiger partial charge is 0.507 e. The predicted molar refractivity (Wildman–Crippen MR) is 77.7 cm³/mol. The van der Waals surface area contributed by atoms with E-state index in [1.807, 2.05) is 6.92 Å². The number of pyridine rings is 1. The van der Waals surface area contributed by atoms with E-state index in [-0.39, 0.29) is 11.3 Å². The number of carbonyl (C=O) groups excluding carboxylic acids is 1. The molecule has 0 unspecified atom stereocenters. The Morgan fingerprint density at radius 3 is 2.79 bits per heavy atom. The molecule has 0 fully saturated rings. The number of aryl methyl sites for hydroxylation is 1. The summed E-state index contributed by atoms with van der Waals surface area (Å²) in [5.74, 6) is -0.579. The van der Waals surface area contributed by atoms with E-state index in [1.54, 1.807) is 12.1 Å². The molecule has 1 heterocycles. The molecular formula is C13H10BrClN2O2. The molecule has 2 rings (SSSR count). The van der Waals surface area contributed by atoms with Crippen LogP contribution in [0.4, 0.5) is 5.69 Å². The summed E-state index contributed by atoms with van der Waals surface area (Å²) in [5, 5.41) is 12.7. The van der Waals surface area contributed by atoms with Gasteiger partial charge < -0.3 is 10.4 Å². The van der Waals surface area contributed by atoms with E-state index < -0.39 is 5.91 Å². The van der Waals surface area contributed by atoms with Crippen molar-refractivity contribution in [2.75, 3.05) is 5.32 Å². The van der Waals surface area contributed by atoms with Crippen molar-refractivity contribution in [3.05, 3.63) is 51.2 Å². The summed E-state index contributed by atoms with van der Waals surface area (Å²) < 4.78 is 0.722. The smallest absolute Gasteiger partial charge is 0.259 e. The first-order valence-electron chi connectivity index (χ1n) is 5.39. The molecule has 0 aliphatic heterocycles. The molecule has 6 heteroatoms. The van der Waals surface area contributed by atoms with Crippen LogP contribution in [-0.2, 0) is 0 Å². The number of aromatic nitrogens is 1.